The third-order valence-electron chi connectivity index (χ3n) is 3.66. The van der Waals surface area contributed by atoms with Crippen LogP contribution in [0, 0.1) is 0 Å². The number of carbonyl (C=O) groups excluding carboxylic acids is 1. The van der Waals surface area contributed by atoms with E-state index in [1.165, 1.54) is 0 Å². The Labute approximate surface area is 174 Å². The lowest BCUT2D eigenvalue weighted by molar-refractivity contribution is -0.145. The van der Waals surface area contributed by atoms with Crippen molar-refractivity contribution in [3.8, 4) is 5.75 Å². The van der Waals surface area contributed by atoms with Crippen LogP contribution in [-0.2, 0) is 20.7 Å². The van der Waals surface area contributed by atoms with Crippen molar-refractivity contribution in [1.82, 2.24) is 0 Å². The zero-order valence-corrected chi connectivity index (χ0v) is 18.8. The van der Waals surface area contributed by atoms with Gasteiger partial charge < -0.3 is 19.8 Å². The zero-order chi connectivity index (χ0) is 22.8. The molecule has 0 amide bonds. The number of aliphatic carboxylic acids is 1. The number of carboxylic acids is 1. The Bertz CT molecular complexity index is 628. The molecule has 0 spiro atoms. The van der Waals surface area contributed by atoms with Crippen molar-refractivity contribution in [3.05, 3.63) is 29.3 Å². The van der Waals surface area contributed by atoms with E-state index in [9.17, 15) is 9.59 Å². The van der Waals surface area contributed by atoms with Crippen molar-refractivity contribution < 1.29 is 29.4 Å². The van der Waals surface area contributed by atoms with E-state index in [2.05, 4.69) is 5.16 Å². The minimum atomic E-state index is -0.745. The molecule has 2 N–H and O–H groups in total. The highest BCUT2D eigenvalue weighted by molar-refractivity contribution is 5.98. The van der Waals surface area contributed by atoms with Crippen LogP contribution in [0.3, 0.4) is 0 Å². The normalized spacial score (nSPS) is 14.2. The number of hydrogen-bond acceptors (Lipinski definition) is 6. The van der Waals surface area contributed by atoms with Gasteiger partial charge in [0.15, 0.2) is 0 Å². The second-order valence-corrected chi connectivity index (χ2v) is 5.54. The number of rotatable bonds is 5. The van der Waals surface area contributed by atoms with Gasteiger partial charge in [-0.15, -0.1) is 0 Å². The molecule has 0 fully saturated rings. The molecule has 1 aromatic carbocycles. The van der Waals surface area contributed by atoms with Gasteiger partial charge in [0.2, 0.25) is 0 Å². The zero-order valence-electron chi connectivity index (χ0n) is 18.8. The highest BCUT2D eigenvalue weighted by atomic mass is 16.5. The summed E-state index contributed by atoms with van der Waals surface area (Å²) in [4.78, 5) is 20.8. The van der Waals surface area contributed by atoms with E-state index in [1.54, 1.807) is 20.8 Å². The summed E-state index contributed by atoms with van der Waals surface area (Å²) >= 11 is 0. The molecule has 1 aliphatic heterocycles. The molecular weight excluding hydrogens is 374 g/mol. The second kappa shape index (κ2) is 17.5. The van der Waals surface area contributed by atoms with Crippen molar-refractivity contribution in [3.63, 3.8) is 0 Å². The minimum absolute atomic E-state index is 0.125. The number of benzene rings is 1. The van der Waals surface area contributed by atoms with Gasteiger partial charge in [-0.05, 0) is 56.0 Å². The first-order chi connectivity index (χ1) is 13.9. The smallest absolute Gasteiger partial charge is 0.309 e. The van der Waals surface area contributed by atoms with Crippen molar-refractivity contribution in [2.45, 2.75) is 80.3 Å². The topological polar surface area (TPSA) is 105 Å². The molecule has 0 saturated heterocycles. The second-order valence-electron chi connectivity index (χ2n) is 5.54. The summed E-state index contributed by atoms with van der Waals surface area (Å²) < 4.78 is 10.7. The van der Waals surface area contributed by atoms with Crippen LogP contribution in [0.25, 0.3) is 0 Å². The molecule has 7 nitrogen and oxygen atoms in total. The largest absolute Gasteiger partial charge is 0.490 e. The molecule has 29 heavy (non-hydrogen) atoms. The van der Waals surface area contributed by atoms with Gasteiger partial charge >= 0.3 is 11.9 Å². The molecule has 1 heterocycles. The maximum atomic E-state index is 11.5. The molecule has 166 valence electrons. The lowest BCUT2D eigenvalue weighted by Gasteiger charge is -2.25. The Morgan fingerprint density at radius 2 is 1.79 bits per heavy atom. The number of esters is 1. The van der Waals surface area contributed by atoms with Crippen LogP contribution in [0.4, 0.5) is 0 Å². The third kappa shape index (κ3) is 11.8. The van der Waals surface area contributed by atoms with E-state index in [-0.39, 0.29) is 24.9 Å². The molecule has 1 aliphatic rings. The number of hydrogen-bond donors (Lipinski definition) is 2. The molecular formula is C22H37NO6. The van der Waals surface area contributed by atoms with E-state index >= 15 is 0 Å². The number of carbonyl (C=O) groups is 2. The van der Waals surface area contributed by atoms with Gasteiger partial charge in [0, 0.05) is 6.42 Å². The first kappa shape index (κ1) is 28.6. The Hall–Kier alpha value is -2.57. The van der Waals surface area contributed by atoms with Crippen molar-refractivity contribution in [1.29, 1.82) is 0 Å². The molecule has 2 rings (SSSR count). The molecule has 1 aromatic rings. The average molecular weight is 412 g/mol. The number of fused-ring (bicyclic) bond motifs is 1. The van der Waals surface area contributed by atoms with Gasteiger partial charge in [-0.3, -0.25) is 9.59 Å². The van der Waals surface area contributed by atoms with Gasteiger partial charge in [0.05, 0.1) is 18.7 Å². The molecule has 0 aromatic heterocycles. The Morgan fingerprint density at radius 3 is 2.28 bits per heavy atom. The Kier molecular flexibility index (Phi) is 17.3. The summed E-state index contributed by atoms with van der Waals surface area (Å²) in [6, 6.07) is 5.67. The third-order valence-corrected chi connectivity index (χ3v) is 3.66. The predicted octanol–water partition coefficient (Wildman–Crippen LogP) is 5.07. The number of ether oxygens (including phenoxy) is 2. The summed E-state index contributed by atoms with van der Waals surface area (Å²) in [5.41, 5.74) is 2.52. The maximum absolute atomic E-state index is 11.5. The lowest BCUT2D eigenvalue weighted by Crippen LogP contribution is -2.26. The van der Waals surface area contributed by atoms with Crippen LogP contribution in [0.1, 0.15) is 78.9 Å². The summed E-state index contributed by atoms with van der Waals surface area (Å²) in [5, 5.41) is 19.7. The highest BCUT2D eigenvalue weighted by Crippen LogP contribution is 2.29. The van der Waals surface area contributed by atoms with Gasteiger partial charge in [-0.25, -0.2) is 0 Å². The molecule has 0 saturated carbocycles. The van der Waals surface area contributed by atoms with E-state index in [0.717, 1.165) is 29.7 Å². The maximum Gasteiger partial charge on any atom is 0.309 e. The van der Waals surface area contributed by atoms with Crippen LogP contribution in [0.2, 0.25) is 0 Å². The van der Waals surface area contributed by atoms with Crippen LogP contribution < -0.4 is 4.74 Å². The van der Waals surface area contributed by atoms with Crippen LogP contribution >= 0.6 is 0 Å². The van der Waals surface area contributed by atoms with Crippen LogP contribution in [0.15, 0.2) is 23.4 Å². The number of carboxylic acid groups (broad SMARTS) is 1. The van der Waals surface area contributed by atoms with Crippen molar-refractivity contribution in [2.24, 2.45) is 5.16 Å². The van der Waals surface area contributed by atoms with Crippen molar-refractivity contribution >= 4 is 17.7 Å². The molecule has 0 aliphatic carbocycles. The molecule has 7 heteroatoms. The van der Waals surface area contributed by atoms with E-state index in [4.69, 9.17) is 19.8 Å². The molecule has 0 bridgehead atoms. The predicted molar refractivity (Wildman–Crippen MR) is 115 cm³/mol. The molecule has 0 unspecified atom stereocenters. The summed E-state index contributed by atoms with van der Waals surface area (Å²) in [6.45, 7) is 13.5. The fourth-order valence-electron chi connectivity index (χ4n) is 2.28. The SMILES string of the molecule is CC.CC.CCC(=O)O.CCOC(=O)C[C@@H]1CCc2cc(/C(C)=N\O)ccc2O1. The van der Waals surface area contributed by atoms with Gasteiger partial charge in [-0.1, -0.05) is 39.8 Å². The molecule has 0 radical (unpaired) electrons. The van der Waals surface area contributed by atoms with Crippen LogP contribution in [0.5, 0.6) is 5.75 Å². The summed E-state index contributed by atoms with van der Waals surface area (Å²) in [6.07, 6.45) is 2.00. The summed E-state index contributed by atoms with van der Waals surface area (Å²) in [5.74, 6) is -0.175. The number of nitrogens with zero attached hydrogens (tertiary/aromatic N) is 1. The number of aryl methyl sites for hydroxylation is 1. The lowest BCUT2D eigenvalue weighted by atomic mass is 9.97. The fraction of sp³-hybridized carbons (Fsp3) is 0.591. The monoisotopic (exact) mass is 411 g/mol. The summed E-state index contributed by atoms with van der Waals surface area (Å²) in [7, 11) is 0. The first-order valence-corrected chi connectivity index (χ1v) is 10.3. The fourth-order valence-corrected chi connectivity index (χ4v) is 2.28. The molecule has 1 atom stereocenters. The van der Waals surface area contributed by atoms with Gasteiger partial charge in [0.25, 0.3) is 0 Å². The van der Waals surface area contributed by atoms with E-state index in [0.29, 0.717) is 12.3 Å². The first-order valence-electron chi connectivity index (χ1n) is 10.3. The van der Waals surface area contributed by atoms with Crippen LogP contribution in [-0.4, -0.2) is 40.7 Å². The number of oxime groups is 1. The van der Waals surface area contributed by atoms with Gasteiger partial charge in [-0.2, -0.15) is 0 Å². The highest BCUT2D eigenvalue weighted by Gasteiger charge is 2.23. The van der Waals surface area contributed by atoms with E-state index in [1.807, 2.05) is 45.9 Å². The minimum Gasteiger partial charge on any atom is -0.490 e. The quantitative estimate of drug-likeness (QED) is 0.303. The van der Waals surface area contributed by atoms with Crippen molar-refractivity contribution in [2.75, 3.05) is 6.61 Å². The Morgan fingerprint density at radius 1 is 1.21 bits per heavy atom. The Balaban J connectivity index is 0. The average Bonchev–Trinajstić information content (AvgIpc) is 2.76. The van der Waals surface area contributed by atoms with Gasteiger partial charge in [0.1, 0.15) is 11.9 Å². The standard InChI is InChI=1S/C15H19NO4.C3H6O2.2C2H6/c1-3-19-15(17)9-13-6-4-12-8-11(10(2)16-18)5-7-14(12)20-13;1-2-3(4)5;2*1-2/h5,7-8,13,18H,3-4,6,9H2,1-2H3;2H2,1H3,(H,4,5);2*1-2H3/b16-10-;;;/t13-;;;/m0.../s1. The van der Waals surface area contributed by atoms with E-state index < -0.39 is 5.97 Å².